The van der Waals surface area contributed by atoms with Gasteiger partial charge >= 0.3 is 7.12 Å². The second-order valence-corrected chi connectivity index (χ2v) is 7.88. The molecule has 1 amide bonds. The van der Waals surface area contributed by atoms with Crippen molar-refractivity contribution in [2.24, 2.45) is 0 Å². The van der Waals surface area contributed by atoms with Gasteiger partial charge in [0.15, 0.2) is 0 Å². The zero-order chi connectivity index (χ0) is 17.7. The fourth-order valence-corrected chi connectivity index (χ4v) is 3.18. The first kappa shape index (κ1) is 17.5. The normalized spacial score (nSPS) is 23.1. The van der Waals surface area contributed by atoms with Crippen molar-refractivity contribution in [3.05, 3.63) is 23.8 Å². The van der Waals surface area contributed by atoms with Gasteiger partial charge in [-0.05, 0) is 51.8 Å². The van der Waals surface area contributed by atoms with Crippen molar-refractivity contribution in [2.45, 2.75) is 52.4 Å². The molecule has 2 heterocycles. The Morgan fingerprint density at radius 2 is 1.75 bits per heavy atom. The number of nitrogens with zero attached hydrogens (tertiary/aromatic N) is 2. The van der Waals surface area contributed by atoms with Gasteiger partial charge in [-0.2, -0.15) is 0 Å². The van der Waals surface area contributed by atoms with Crippen molar-refractivity contribution in [1.82, 2.24) is 4.90 Å². The minimum absolute atomic E-state index is 0.0672. The van der Waals surface area contributed by atoms with E-state index in [2.05, 4.69) is 30.1 Å². The van der Waals surface area contributed by atoms with Crippen molar-refractivity contribution >= 4 is 24.2 Å². The summed E-state index contributed by atoms with van der Waals surface area (Å²) in [5.74, 6) is 0.0672. The van der Waals surface area contributed by atoms with Gasteiger partial charge < -0.3 is 19.1 Å². The number of anilines is 1. The average Bonchev–Trinajstić information content (AvgIpc) is 2.60. The maximum atomic E-state index is 12.1. The first-order valence-electron chi connectivity index (χ1n) is 8.56. The van der Waals surface area contributed by atoms with Gasteiger partial charge in [-0.1, -0.05) is 12.1 Å². The van der Waals surface area contributed by atoms with Gasteiger partial charge in [0, 0.05) is 32.2 Å². The zero-order valence-corrected chi connectivity index (χ0v) is 15.5. The average molecular weight is 330 g/mol. The molecule has 0 unspecified atom stereocenters. The third kappa shape index (κ3) is 2.98. The summed E-state index contributed by atoms with van der Waals surface area (Å²) in [6.07, 6.45) is 0. The molecule has 0 bridgehead atoms. The van der Waals surface area contributed by atoms with E-state index in [1.54, 1.807) is 6.92 Å². The highest BCUT2D eigenvalue weighted by Gasteiger charge is 2.51. The van der Waals surface area contributed by atoms with Crippen LogP contribution in [0.5, 0.6) is 0 Å². The van der Waals surface area contributed by atoms with Gasteiger partial charge in [0.1, 0.15) is 0 Å². The van der Waals surface area contributed by atoms with E-state index < -0.39 is 7.12 Å². The molecule has 130 valence electrons. The van der Waals surface area contributed by atoms with Crippen molar-refractivity contribution < 1.29 is 14.1 Å². The Kier molecular flexibility index (Phi) is 4.27. The second kappa shape index (κ2) is 5.86. The number of hydrogen-bond donors (Lipinski definition) is 0. The van der Waals surface area contributed by atoms with Gasteiger partial charge in [0.2, 0.25) is 5.91 Å². The minimum atomic E-state index is -0.407. The molecule has 0 aromatic heterocycles. The fourth-order valence-electron chi connectivity index (χ4n) is 3.18. The third-order valence-electron chi connectivity index (χ3n) is 5.45. The van der Waals surface area contributed by atoms with Crippen LogP contribution >= 0.6 is 0 Å². The van der Waals surface area contributed by atoms with Gasteiger partial charge in [0.25, 0.3) is 0 Å². The van der Waals surface area contributed by atoms with E-state index in [0.29, 0.717) is 6.54 Å². The van der Waals surface area contributed by atoms with Crippen molar-refractivity contribution in [3.8, 4) is 0 Å². The molecule has 1 saturated heterocycles. The van der Waals surface area contributed by atoms with E-state index in [4.69, 9.17) is 9.31 Å². The molecule has 0 N–H and O–H groups in total. The zero-order valence-electron chi connectivity index (χ0n) is 15.5. The van der Waals surface area contributed by atoms with E-state index in [0.717, 1.165) is 29.8 Å². The largest absolute Gasteiger partial charge is 0.494 e. The first-order valence-corrected chi connectivity index (χ1v) is 8.56. The molecule has 2 aliphatic rings. The van der Waals surface area contributed by atoms with E-state index >= 15 is 0 Å². The molecule has 0 atom stereocenters. The number of fused-ring (bicyclic) bond motifs is 1. The summed E-state index contributed by atoms with van der Waals surface area (Å²) in [7, 11) is 1.67. The first-order chi connectivity index (χ1) is 11.1. The smallest absolute Gasteiger partial charge is 0.399 e. The molecular formula is C18H27BN2O3. The standard InChI is InChI=1S/C18H27BN2O3/c1-13(22)21-10-9-20(6)12-14-7-8-15(11-16(14)21)19-23-17(2,3)18(4,5)24-19/h7-8,11H,9-10,12H2,1-6H3. The summed E-state index contributed by atoms with van der Waals surface area (Å²) in [5.41, 5.74) is 2.35. The maximum Gasteiger partial charge on any atom is 0.494 e. The number of amides is 1. The summed E-state index contributed by atoms with van der Waals surface area (Å²) in [6.45, 7) is 12.2. The molecule has 0 spiro atoms. The van der Waals surface area contributed by atoms with Crippen LogP contribution in [0.3, 0.4) is 0 Å². The Labute approximate surface area is 145 Å². The topological polar surface area (TPSA) is 42.0 Å². The lowest BCUT2D eigenvalue weighted by molar-refractivity contribution is -0.116. The van der Waals surface area contributed by atoms with Crippen LogP contribution in [0.4, 0.5) is 5.69 Å². The fraction of sp³-hybridized carbons (Fsp3) is 0.611. The minimum Gasteiger partial charge on any atom is -0.399 e. The van der Waals surface area contributed by atoms with Crippen LogP contribution in [0.25, 0.3) is 0 Å². The predicted octanol–water partition coefficient (Wildman–Crippen LogP) is 1.78. The highest BCUT2D eigenvalue weighted by Crippen LogP contribution is 2.37. The van der Waals surface area contributed by atoms with Crippen LogP contribution in [0.2, 0.25) is 0 Å². The molecule has 0 aliphatic carbocycles. The second-order valence-electron chi connectivity index (χ2n) is 7.88. The number of rotatable bonds is 1. The quantitative estimate of drug-likeness (QED) is 0.736. The van der Waals surface area contributed by atoms with Crippen LogP contribution in [0.15, 0.2) is 18.2 Å². The van der Waals surface area contributed by atoms with Gasteiger partial charge in [0.05, 0.1) is 11.2 Å². The number of benzene rings is 1. The Hall–Kier alpha value is -1.37. The predicted molar refractivity (Wildman–Crippen MR) is 96.5 cm³/mol. The monoisotopic (exact) mass is 330 g/mol. The van der Waals surface area contributed by atoms with E-state index in [1.807, 2.05) is 32.6 Å². The van der Waals surface area contributed by atoms with Crippen LogP contribution in [0.1, 0.15) is 40.2 Å². The van der Waals surface area contributed by atoms with Gasteiger partial charge in [-0.15, -0.1) is 0 Å². The van der Waals surface area contributed by atoms with Gasteiger partial charge in [-0.25, -0.2) is 0 Å². The molecule has 0 radical (unpaired) electrons. The summed E-state index contributed by atoms with van der Waals surface area (Å²) in [5, 5.41) is 0. The molecule has 24 heavy (non-hydrogen) atoms. The van der Waals surface area contributed by atoms with Gasteiger partial charge in [-0.3, -0.25) is 4.79 Å². The summed E-state index contributed by atoms with van der Waals surface area (Å²) >= 11 is 0. The van der Waals surface area contributed by atoms with Crippen molar-refractivity contribution in [2.75, 3.05) is 25.0 Å². The SMILES string of the molecule is CC(=O)N1CCN(C)Cc2ccc(B3OC(C)(C)C(C)(C)O3)cc21. The number of likely N-dealkylation sites (N-methyl/N-ethyl adjacent to an activating group) is 1. The van der Waals surface area contributed by atoms with E-state index in [-0.39, 0.29) is 17.1 Å². The van der Waals surface area contributed by atoms with Crippen molar-refractivity contribution in [3.63, 3.8) is 0 Å². The molecule has 3 rings (SSSR count). The highest BCUT2D eigenvalue weighted by molar-refractivity contribution is 6.62. The number of hydrogen-bond acceptors (Lipinski definition) is 4. The van der Waals surface area contributed by atoms with E-state index in [9.17, 15) is 4.79 Å². The lowest BCUT2D eigenvalue weighted by atomic mass is 9.78. The molecule has 5 nitrogen and oxygen atoms in total. The molecule has 6 heteroatoms. The van der Waals surface area contributed by atoms with Crippen LogP contribution < -0.4 is 10.4 Å². The molecule has 1 aromatic carbocycles. The number of carbonyl (C=O) groups excluding carboxylic acids is 1. The highest BCUT2D eigenvalue weighted by atomic mass is 16.7. The molecular weight excluding hydrogens is 303 g/mol. The van der Waals surface area contributed by atoms with E-state index in [1.165, 1.54) is 0 Å². The Morgan fingerprint density at radius 3 is 2.33 bits per heavy atom. The Balaban J connectivity index is 1.97. The Morgan fingerprint density at radius 1 is 1.12 bits per heavy atom. The summed E-state index contributed by atoms with van der Waals surface area (Å²) in [4.78, 5) is 16.2. The van der Waals surface area contributed by atoms with Crippen molar-refractivity contribution in [1.29, 1.82) is 0 Å². The lowest BCUT2D eigenvalue weighted by Gasteiger charge is -2.32. The summed E-state index contributed by atoms with van der Waals surface area (Å²) < 4.78 is 12.3. The van der Waals surface area contributed by atoms with Crippen LogP contribution in [-0.4, -0.2) is 49.3 Å². The van der Waals surface area contributed by atoms with Crippen LogP contribution in [0, 0.1) is 0 Å². The molecule has 0 saturated carbocycles. The maximum absolute atomic E-state index is 12.1. The lowest BCUT2D eigenvalue weighted by Crippen LogP contribution is -2.41. The third-order valence-corrected chi connectivity index (χ3v) is 5.45. The van der Waals surface area contributed by atoms with Crippen LogP contribution in [-0.2, 0) is 20.6 Å². The summed E-state index contributed by atoms with van der Waals surface area (Å²) in [6, 6.07) is 6.20. The number of carbonyl (C=O) groups is 1. The Bertz CT molecular complexity index is 644. The molecule has 2 aliphatic heterocycles. The molecule has 1 fully saturated rings. The molecule has 1 aromatic rings.